The molecule has 4 rings (SSSR count). The smallest absolute Gasteiger partial charge is 0.264 e. The molecule has 2 aromatic carbocycles. The number of thioether (sulfide) groups is 1. The molecule has 3 aromatic rings. The van der Waals surface area contributed by atoms with E-state index in [1.165, 1.54) is 18.9 Å². The zero-order valence-corrected chi connectivity index (χ0v) is 16.8. The number of carbonyl (C=O) groups excluding carboxylic acids is 1. The van der Waals surface area contributed by atoms with Crippen LogP contribution in [0.3, 0.4) is 0 Å². The third-order valence-electron chi connectivity index (χ3n) is 3.85. The topological polar surface area (TPSA) is 76.5 Å². The predicted molar refractivity (Wildman–Crippen MR) is 113 cm³/mol. The summed E-state index contributed by atoms with van der Waals surface area (Å²) in [5.74, 6) is 0.181. The zero-order valence-electron chi connectivity index (χ0n) is 14.4. The first-order chi connectivity index (χ1) is 13.5. The minimum atomic E-state index is -0.247. The molecule has 28 heavy (non-hydrogen) atoms. The number of aromatic nitrogens is 2. The van der Waals surface area contributed by atoms with Crippen molar-refractivity contribution in [1.29, 1.82) is 0 Å². The van der Waals surface area contributed by atoms with Crippen molar-refractivity contribution in [2.75, 3.05) is 7.11 Å². The monoisotopic (exact) mass is 430 g/mol. The van der Waals surface area contributed by atoms with Crippen LogP contribution in [-0.4, -0.2) is 28.2 Å². The van der Waals surface area contributed by atoms with E-state index in [-0.39, 0.29) is 5.91 Å². The van der Waals surface area contributed by atoms with Crippen molar-refractivity contribution < 1.29 is 9.53 Å². The molecule has 0 atom stereocenters. The fourth-order valence-corrected chi connectivity index (χ4v) is 3.84. The Morgan fingerprint density at radius 1 is 1.18 bits per heavy atom. The Balaban J connectivity index is 1.64. The number of carbonyl (C=O) groups is 1. The third kappa shape index (κ3) is 3.82. The highest BCUT2D eigenvalue weighted by molar-refractivity contribution is 8.18. The molecule has 1 fully saturated rings. The Morgan fingerprint density at radius 2 is 1.96 bits per heavy atom. The number of nitrogens with one attached hydrogen (secondary N) is 1. The molecule has 140 valence electrons. The van der Waals surface area contributed by atoms with E-state index in [0.717, 1.165) is 11.1 Å². The lowest BCUT2D eigenvalue weighted by molar-refractivity contribution is -0.115. The number of benzene rings is 2. The Labute approximate surface area is 174 Å². The van der Waals surface area contributed by atoms with Gasteiger partial charge in [0.25, 0.3) is 5.91 Å². The van der Waals surface area contributed by atoms with Crippen LogP contribution < -0.4 is 10.1 Å². The number of para-hydroxylation sites is 1. The lowest BCUT2D eigenvalue weighted by Gasteiger charge is -2.02. The van der Waals surface area contributed by atoms with E-state index in [0.29, 0.717) is 37.2 Å². The molecule has 1 saturated heterocycles. The molecule has 1 N–H and O–H groups in total. The summed E-state index contributed by atoms with van der Waals surface area (Å²) in [6.07, 6.45) is 3.32. The second-order valence-electron chi connectivity index (χ2n) is 5.71. The standard InChI is InChI=1S/C19H12Cl2N4O2S/c1-27-16-9-22-13-6-5-10(7-14(13)23-16)8-15-18(26)25-19(28-15)24-17-11(20)3-2-4-12(17)21/h2-9H,1H3,(H,24,25,26). The Bertz CT molecular complexity index is 1140. The summed E-state index contributed by atoms with van der Waals surface area (Å²) in [5.41, 5.74) is 2.64. The second kappa shape index (κ2) is 7.79. The van der Waals surface area contributed by atoms with Crippen molar-refractivity contribution in [3.63, 3.8) is 0 Å². The third-order valence-corrected chi connectivity index (χ3v) is 5.37. The fraction of sp³-hybridized carbons (Fsp3) is 0.0526. The van der Waals surface area contributed by atoms with Crippen molar-refractivity contribution in [3.05, 3.63) is 63.1 Å². The van der Waals surface area contributed by atoms with Gasteiger partial charge in [-0.15, -0.1) is 0 Å². The maximum Gasteiger partial charge on any atom is 0.264 e. The normalized spacial score (nSPS) is 16.8. The van der Waals surface area contributed by atoms with Gasteiger partial charge in [0.1, 0.15) is 5.69 Å². The summed E-state index contributed by atoms with van der Waals surface area (Å²) in [4.78, 5) is 25.8. The molecular formula is C19H12Cl2N4O2S. The average Bonchev–Trinajstić information content (AvgIpc) is 3.03. The van der Waals surface area contributed by atoms with Gasteiger partial charge in [0.2, 0.25) is 5.88 Å². The Hall–Kier alpha value is -2.61. The van der Waals surface area contributed by atoms with Gasteiger partial charge < -0.3 is 10.1 Å². The van der Waals surface area contributed by atoms with E-state index >= 15 is 0 Å². The summed E-state index contributed by atoms with van der Waals surface area (Å²) < 4.78 is 5.11. The first-order valence-corrected chi connectivity index (χ1v) is 9.65. The summed E-state index contributed by atoms with van der Waals surface area (Å²) in [6, 6.07) is 10.7. The van der Waals surface area contributed by atoms with E-state index < -0.39 is 0 Å². The number of rotatable bonds is 3. The van der Waals surface area contributed by atoms with Gasteiger partial charge in [-0.3, -0.25) is 4.79 Å². The lowest BCUT2D eigenvalue weighted by atomic mass is 10.2. The van der Waals surface area contributed by atoms with Crippen molar-refractivity contribution in [3.8, 4) is 5.88 Å². The first kappa shape index (κ1) is 18.7. The van der Waals surface area contributed by atoms with Crippen molar-refractivity contribution in [2.45, 2.75) is 0 Å². The highest BCUT2D eigenvalue weighted by Gasteiger charge is 2.24. The number of fused-ring (bicyclic) bond motifs is 1. The molecule has 1 aliphatic heterocycles. The fourth-order valence-electron chi connectivity index (χ4n) is 2.53. The predicted octanol–water partition coefficient (Wildman–Crippen LogP) is 4.84. The van der Waals surface area contributed by atoms with Gasteiger partial charge in [0, 0.05) is 0 Å². The molecule has 6 nitrogen and oxygen atoms in total. The summed E-state index contributed by atoms with van der Waals surface area (Å²) in [5, 5.41) is 3.96. The summed E-state index contributed by atoms with van der Waals surface area (Å²) in [7, 11) is 1.54. The number of hydrogen-bond donors (Lipinski definition) is 1. The van der Waals surface area contributed by atoms with Gasteiger partial charge in [0.15, 0.2) is 5.17 Å². The number of amides is 1. The maximum atomic E-state index is 12.3. The molecule has 0 radical (unpaired) electrons. The Kier molecular flexibility index (Phi) is 5.21. The molecular weight excluding hydrogens is 419 g/mol. The van der Waals surface area contributed by atoms with Crippen molar-refractivity contribution >= 4 is 68.8 Å². The van der Waals surface area contributed by atoms with Crippen LogP contribution in [0, 0.1) is 0 Å². The second-order valence-corrected chi connectivity index (χ2v) is 7.56. The zero-order chi connectivity index (χ0) is 19.7. The van der Waals surface area contributed by atoms with Crippen LogP contribution in [0.5, 0.6) is 5.88 Å². The number of aliphatic imine (C=N–C) groups is 1. The van der Waals surface area contributed by atoms with E-state index in [9.17, 15) is 4.79 Å². The van der Waals surface area contributed by atoms with Crippen molar-refractivity contribution in [1.82, 2.24) is 15.3 Å². The van der Waals surface area contributed by atoms with E-state index in [2.05, 4.69) is 20.3 Å². The van der Waals surface area contributed by atoms with Gasteiger partial charge in [-0.25, -0.2) is 15.0 Å². The largest absolute Gasteiger partial charge is 0.480 e. The molecule has 1 aromatic heterocycles. The van der Waals surface area contributed by atoms with Gasteiger partial charge in [-0.2, -0.15) is 0 Å². The van der Waals surface area contributed by atoms with Gasteiger partial charge in [0.05, 0.1) is 39.3 Å². The van der Waals surface area contributed by atoms with E-state index in [1.54, 1.807) is 30.5 Å². The van der Waals surface area contributed by atoms with Crippen LogP contribution in [0.4, 0.5) is 5.69 Å². The summed E-state index contributed by atoms with van der Waals surface area (Å²) in [6.45, 7) is 0. The SMILES string of the molecule is COc1cnc2ccc(C=C3SC(=Nc4c(Cl)cccc4Cl)NC3=O)cc2n1. The Morgan fingerprint density at radius 3 is 2.71 bits per heavy atom. The van der Waals surface area contributed by atoms with E-state index in [4.69, 9.17) is 27.9 Å². The average molecular weight is 431 g/mol. The molecule has 0 spiro atoms. The van der Waals surface area contributed by atoms with Crippen LogP contribution in [-0.2, 0) is 4.79 Å². The molecule has 0 unspecified atom stereocenters. The molecule has 9 heteroatoms. The lowest BCUT2D eigenvalue weighted by Crippen LogP contribution is -2.19. The van der Waals surface area contributed by atoms with Crippen LogP contribution in [0.15, 0.2) is 52.5 Å². The quantitative estimate of drug-likeness (QED) is 0.601. The van der Waals surface area contributed by atoms with Crippen LogP contribution >= 0.6 is 35.0 Å². The number of nitrogens with zero attached hydrogens (tertiary/aromatic N) is 3. The number of hydrogen-bond acceptors (Lipinski definition) is 6. The number of methoxy groups -OCH3 is 1. The molecule has 1 aliphatic rings. The van der Waals surface area contributed by atoms with Crippen molar-refractivity contribution in [2.24, 2.45) is 4.99 Å². The van der Waals surface area contributed by atoms with E-state index in [1.807, 2.05) is 18.2 Å². The number of amidine groups is 1. The molecule has 0 saturated carbocycles. The highest BCUT2D eigenvalue weighted by atomic mass is 35.5. The minimum absolute atomic E-state index is 0.247. The van der Waals surface area contributed by atoms with Gasteiger partial charge in [-0.05, 0) is 47.7 Å². The maximum absolute atomic E-state index is 12.3. The first-order valence-electron chi connectivity index (χ1n) is 8.08. The molecule has 1 amide bonds. The molecule has 2 heterocycles. The summed E-state index contributed by atoms with van der Waals surface area (Å²) >= 11 is 13.5. The molecule has 0 bridgehead atoms. The van der Waals surface area contributed by atoms with Crippen LogP contribution in [0.1, 0.15) is 5.56 Å². The van der Waals surface area contributed by atoms with Gasteiger partial charge >= 0.3 is 0 Å². The molecule has 0 aliphatic carbocycles. The van der Waals surface area contributed by atoms with Gasteiger partial charge in [-0.1, -0.05) is 35.3 Å². The number of ether oxygens (including phenoxy) is 1. The minimum Gasteiger partial charge on any atom is -0.480 e. The number of halogens is 2. The van der Waals surface area contributed by atoms with Crippen LogP contribution in [0.25, 0.3) is 17.1 Å². The van der Waals surface area contributed by atoms with Crippen LogP contribution in [0.2, 0.25) is 10.0 Å². The highest BCUT2D eigenvalue weighted by Crippen LogP contribution is 2.35.